The molecule has 0 heterocycles. The molecule has 0 aliphatic rings. The van der Waals surface area contributed by atoms with Gasteiger partial charge in [0.25, 0.3) is 0 Å². The van der Waals surface area contributed by atoms with Crippen molar-refractivity contribution in [1.82, 2.24) is 0 Å². The number of hydrogen-bond acceptors (Lipinski definition) is 3. The monoisotopic (exact) mass is 398 g/mol. The molecule has 2 rings (SSSR count). The van der Waals surface area contributed by atoms with Crippen LogP contribution in [0.25, 0.3) is 0 Å². The molecule has 0 unspecified atom stereocenters. The molecule has 0 amide bonds. The highest BCUT2D eigenvalue weighted by molar-refractivity contribution is 9.11. The van der Waals surface area contributed by atoms with Crippen molar-refractivity contribution in [2.45, 2.75) is 6.61 Å². The first-order chi connectivity index (χ1) is 9.70. The number of hydrogen-bond donors (Lipinski definition) is 0. The van der Waals surface area contributed by atoms with Crippen LogP contribution < -0.4 is 4.74 Å². The molecule has 0 saturated heterocycles. The molecule has 0 fully saturated rings. The summed E-state index contributed by atoms with van der Waals surface area (Å²) in [6, 6.07) is 13.3. The largest absolute Gasteiger partial charge is 0.465 e. The maximum Gasteiger partial charge on any atom is 0.189 e. The first-order valence-electron chi connectivity index (χ1n) is 5.89. The van der Waals surface area contributed by atoms with E-state index < -0.39 is 0 Å². The van der Waals surface area contributed by atoms with E-state index in [2.05, 4.69) is 31.9 Å². The van der Waals surface area contributed by atoms with Crippen molar-refractivity contribution in [3.8, 4) is 5.75 Å². The zero-order valence-corrected chi connectivity index (χ0v) is 13.7. The van der Waals surface area contributed by atoms with Gasteiger partial charge in [-0.1, -0.05) is 30.3 Å². The Kier molecular flexibility index (Phi) is 5.76. The van der Waals surface area contributed by atoms with Gasteiger partial charge < -0.3 is 9.47 Å². The van der Waals surface area contributed by atoms with E-state index in [1.165, 1.54) is 0 Å². The van der Waals surface area contributed by atoms with Crippen LogP contribution in [0.3, 0.4) is 0 Å². The molecule has 2 aromatic carbocycles. The average Bonchev–Trinajstić information content (AvgIpc) is 2.46. The van der Waals surface area contributed by atoms with E-state index in [1.54, 1.807) is 12.1 Å². The molecule has 0 spiro atoms. The molecule has 0 atom stereocenters. The standard InChI is InChI=1S/C15H12Br2O3/c16-13-6-12(8-18)7-14(17)15(13)20-10-19-9-11-4-2-1-3-5-11/h1-8H,9-10H2. The summed E-state index contributed by atoms with van der Waals surface area (Å²) in [5.41, 5.74) is 1.66. The number of aldehydes is 1. The summed E-state index contributed by atoms with van der Waals surface area (Å²) in [5, 5.41) is 0. The van der Waals surface area contributed by atoms with Crippen LogP contribution in [0.5, 0.6) is 5.75 Å². The number of rotatable bonds is 6. The number of halogens is 2. The molecular formula is C15H12Br2O3. The summed E-state index contributed by atoms with van der Waals surface area (Å²) < 4.78 is 12.4. The van der Waals surface area contributed by atoms with Gasteiger partial charge in [0.05, 0.1) is 15.6 Å². The summed E-state index contributed by atoms with van der Waals surface area (Å²) >= 11 is 6.73. The summed E-state index contributed by atoms with van der Waals surface area (Å²) in [6.45, 7) is 0.620. The molecule has 104 valence electrons. The van der Waals surface area contributed by atoms with Crippen LogP contribution in [-0.4, -0.2) is 13.1 Å². The zero-order valence-electron chi connectivity index (χ0n) is 10.5. The minimum absolute atomic E-state index is 0.131. The summed E-state index contributed by atoms with van der Waals surface area (Å²) in [4.78, 5) is 10.7. The van der Waals surface area contributed by atoms with Crippen molar-refractivity contribution in [1.29, 1.82) is 0 Å². The predicted octanol–water partition coefficient (Wildman–Crippen LogP) is 4.58. The van der Waals surface area contributed by atoms with Crippen molar-refractivity contribution >= 4 is 38.1 Å². The first kappa shape index (κ1) is 15.2. The summed E-state index contributed by atoms with van der Waals surface area (Å²) in [7, 11) is 0. The van der Waals surface area contributed by atoms with Crippen LogP contribution in [0, 0.1) is 0 Å². The van der Waals surface area contributed by atoms with Crippen molar-refractivity contribution < 1.29 is 14.3 Å². The van der Waals surface area contributed by atoms with Gasteiger partial charge in [0.15, 0.2) is 12.5 Å². The second-order valence-electron chi connectivity index (χ2n) is 4.03. The van der Waals surface area contributed by atoms with Crippen molar-refractivity contribution in [3.63, 3.8) is 0 Å². The molecule has 0 bridgehead atoms. The molecule has 20 heavy (non-hydrogen) atoms. The SMILES string of the molecule is O=Cc1cc(Br)c(OCOCc2ccccc2)c(Br)c1. The lowest BCUT2D eigenvalue weighted by molar-refractivity contribution is 0.00421. The maximum absolute atomic E-state index is 10.7. The third-order valence-corrected chi connectivity index (χ3v) is 3.73. The molecule has 5 heteroatoms. The van der Waals surface area contributed by atoms with Crippen molar-refractivity contribution in [2.24, 2.45) is 0 Å². The van der Waals surface area contributed by atoms with Crippen LogP contribution in [0.4, 0.5) is 0 Å². The highest BCUT2D eigenvalue weighted by Crippen LogP contribution is 2.34. The van der Waals surface area contributed by atoms with E-state index >= 15 is 0 Å². The maximum atomic E-state index is 10.7. The van der Waals surface area contributed by atoms with E-state index in [-0.39, 0.29) is 6.79 Å². The first-order valence-corrected chi connectivity index (χ1v) is 7.48. The van der Waals surface area contributed by atoms with Crippen LogP contribution in [0.15, 0.2) is 51.4 Å². The quantitative estimate of drug-likeness (QED) is 0.405. The van der Waals surface area contributed by atoms with E-state index in [4.69, 9.17) is 9.47 Å². The summed E-state index contributed by atoms with van der Waals surface area (Å²) in [5.74, 6) is 0.615. The average molecular weight is 400 g/mol. The van der Waals surface area contributed by atoms with Gasteiger partial charge in [-0.3, -0.25) is 4.79 Å². The van der Waals surface area contributed by atoms with Gasteiger partial charge in [-0.15, -0.1) is 0 Å². The van der Waals surface area contributed by atoms with Gasteiger partial charge in [0.2, 0.25) is 0 Å². The van der Waals surface area contributed by atoms with Crippen LogP contribution in [-0.2, 0) is 11.3 Å². The Morgan fingerprint density at radius 2 is 1.70 bits per heavy atom. The second kappa shape index (κ2) is 7.57. The molecule has 3 nitrogen and oxygen atoms in total. The topological polar surface area (TPSA) is 35.5 Å². The van der Waals surface area contributed by atoms with E-state index in [1.807, 2.05) is 30.3 Å². The third-order valence-electron chi connectivity index (χ3n) is 2.55. The van der Waals surface area contributed by atoms with Crippen molar-refractivity contribution in [2.75, 3.05) is 6.79 Å². The van der Waals surface area contributed by atoms with Gasteiger partial charge >= 0.3 is 0 Å². The lowest BCUT2D eigenvalue weighted by atomic mass is 10.2. The van der Waals surface area contributed by atoms with E-state index in [0.717, 1.165) is 11.8 Å². The molecule has 0 aliphatic heterocycles. The van der Waals surface area contributed by atoms with Crippen LogP contribution >= 0.6 is 31.9 Å². The smallest absolute Gasteiger partial charge is 0.189 e. The zero-order chi connectivity index (χ0) is 14.4. The van der Waals surface area contributed by atoms with Gasteiger partial charge in [-0.2, -0.15) is 0 Å². The Hall–Kier alpha value is -1.17. The van der Waals surface area contributed by atoms with Crippen LogP contribution in [0.1, 0.15) is 15.9 Å². The lowest BCUT2D eigenvalue weighted by Crippen LogP contribution is -2.04. The fourth-order valence-electron chi connectivity index (χ4n) is 1.62. The second-order valence-corrected chi connectivity index (χ2v) is 5.74. The van der Waals surface area contributed by atoms with Gasteiger partial charge in [0.1, 0.15) is 6.29 Å². The normalized spacial score (nSPS) is 10.3. The van der Waals surface area contributed by atoms with Gasteiger partial charge in [-0.25, -0.2) is 0 Å². The minimum atomic E-state index is 0.131. The molecule has 0 saturated carbocycles. The fourth-order valence-corrected chi connectivity index (χ4v) is 3.07. The number of ether oxygens (including phenoxy) is 2. The fraction of sp³-hybridized carbons (Fsp3) is 0.133. The third kappa shape index (κ3) is 4.16. The molecule has 0 radical (unpaired) electrons. The Labute approximate surface area is 134 Å². The number of benzene rings is 2. The number of carbonyl (C=O) groups is 1. The molecule has 0 aromatic heterocycles. The minimum Gasteiger partial charge on any atom is -0.465 e. The van der Waals surface area contributed by atoms with E-state index in [9.17, 15) is 4.79 Å². The van der Waals surface area contributed by atoms with Gasteiger partial charge in [0, 0.05) is 5.56 Å². The van der Waals surface area contributed by atoms with Crippen LogP contribution in [0.2, 0.25) is 0 Å². The Morgan fingerprint density at radius 1 is 1.05 bits per heavy atom. The molecular weight excluding hydrogens is 388 g/mol. The Morgan fingerprint density at radius 3 is 2.30 bits per heavy atom. The molecule has 2 aromatic rings. The molecule has 0 aliphatic carbocycles. The lowest BCUT2D eigenvalue weighted by Gasteiger charge is -2.11. The van der Waals surface area contributed by atoms with Gasteiger partial charge in [-0.05, 0) is 49.6 Å². The number of carbonyl (C=O) groups excluding carboxylic acids is 1. The van der Waals surface area contributed by atoms with Crippen molar-refractivity contribution in [3.05, 3.63) is 62.5 Å². The molecule has 0 N–H and O–H groups in total. The predicted molar refractivity (Wildman–Crippen MR) is 84.0 cm³/mol. The van der Waals surface area contributed by atoms with E-state index in [0.29, 0.717) is 26.9 Å². The summed E-state index contributed by atoms with van der Waals surface area (Å²) in [6.07, 6.45) is 0.783. The Bertz CT molecular complexity index is 562. The highest BCUT2D eigenvalue weighted by Gasteiger charge is 2.08. The highest BCUT2D eigenvalue weighted by atomic mass is 79.9. The Balaban J connectivity index is 1.90.